The fraction of sp³-hybridized carbons (Fsp3) is 0.679. The number of nitrogens with zero attached hydrogens (tertiary/aromatic N) is 2. The van der Waals surface area contributed by atoms with Crippen molar-refractivity contribution in [1.29, 1.82) is 0 Å². The quantitative estimate of drug-likeness (QED) is 0.0195. The van der Waals surface area contributed by atoms with E-state index in [0.717, 1.165) is 63.2 Å². The van der Waals surface area contributed by atoms with Crippen molar-refractivity contribution in [3.8, 4) is 0 Å². The Kier molecular flexibility index (Phi) is 50.7. The van der Waals surface area contributed by atoms with Gasteiger partial charge in [-0.25, -0.2) is 0 Å². The molecule has 2 heterocycles. The molecule has 3 atom stereocenters. The van der Waals surface area contributed by atoms with Crippen LogP contribution in [0.5, 0.6) is 0 Å². The summed E-state index contributed by atoms with van der Waals surface area (Å²) in [6.07, 6.45) is 18.0. The number of carboxylic acid groups (broad SMARTS) is 1. The number of ether oxygens (including phenoxy) is 1. The van der Waals surface area contributed by atoms with Crippen molar-refractivity contribution in [1.82, 2.24) is 25.8 Å². The molecule has 1 aromatic rings. The topological polar surface area (TPSA) is 267 Å². The maximum Gasteiger partial charge on any atom is 0.290 e. The molecule has 3 aliphatic rings. The lowest BCUT2D eigenvalue weighted by Crippen LogP contribution is -2.37. The minimum Gasteiger partial charge on any atom is -0.483 e. The third kappa shape index (κ3) is 43.1. The van der Waals surface area contributed by atoms with E-state index in [1.54, 1.807) is 11.9 Å². The highest BCUT2D eigenvalue weighted by Crippen LogP contribution is 2.30. The van der Waals surface area contributed by atoms with Crippen molar-refractivity contribution in [2.75, 3.05) is 72.4 Å². The summed E-state index contributed by atoms with van der Waals surface area (Å²) in [4.78, 5) is 87.5. The van der Waals surface area contributed by atoms with Crippen LogP contribution in [0.4, 0.5) is 5.69 Å². The maximum absolute atomic E-state index is 11.8. The number of para-hydroxylation sites is 1. The molecule has 3 unspecified atom stereocenters. The average molecular weight is 1050 g/mol. The monoisotopic (exact) mass is 1050 g/mol. The molecular formula is C56H101N7O11. The van der Waals surface area contributed by atoms with Crippen LogP contribution in [0, 0.1) is 29.6 Å². The second-order valence-corrected chi connectivity index (χ2v) is 18.9. The van der Waals surface area contributed by atoms with Gasteiger partial charge >= 0.3 is 0 Å². The van der Waals surface area contributed by atoms with Crippen LogP contribution in [0.3, 0.4) is 0 Å². The molecule has 2 aliphatic heterocycles. The van der Waals surface area contributed by atoms with Crippen LogP contribution in [-0.4, -0.2) is 147 Å². The number of anilines is 1. The van der Waals surface area contributed by atoms with Crippen molar-refractivity contribution in [3.63, 3.8) is 0 Å². The number of nitrogens with two attached hydrogens (primary N) is 1. The summed E-state index contributed by atoms with van der Waals surface area (Å²) in [7, 11) is 5.50. The van der Waals surface area contributed by atoms with Crippen molar-refractivity contribution < 1.29 is 53.3 Å². The summed E-state index contributed by atoms with van der Waals surface area (Å²) in [5.74, 6) is 1.05. The Morgan fingerprint density at radius 3 is 2.00 bits per heavy atom. The lowest BCUT2D eigenvalue weighted by molar-refractivity contribution is -0.140. The molecule has 426 valence electrons. The number of carbonyl (C=O) groups excluding carboxylic acids is 7. The van der Waals surface area contributed by atoms with Gasteiger partial charge in [-0.3, -0.25) is 38.5 Å². The Labute approximate surface area is 445 Å². The normalized spacial score (nSPS) is 17.8. The first-order valence-corrected chi connectivity index (χ1v) is 26.5. The van der Waals surface area contributed by atoms with E-state index in [4.69, 9.17) is 25.5 Å². The number of nitrogens with one attached hydrogen (secondary N) is 4. The van der Waals surface area contributed by atoms with E-state index in [0.29, 0.717) is 57.1 Å². The minimum atomic E-state index is -0.444. The van der Waals surface area contributed by atoms with E-state index in [9.17, 15) is 33.6 Å². The summed E-state index contributed by atoms with van der Waals surface area (Å²) in [6, 6.07) is 9.65. The Balaban J connectivity index is -0.000000398. The van der Waals surface area contributed by atoms with Gasteiger partial charge in [-0.15, -0.1) is 6.58 Å². The third-order valence-electron chi connectivity index (χ3n) is 11.4. The first kappa shape index (κ1) is 75.2. The summed E-state index contributed by atoms with van der Waals surface area (Å²) >= 11 is 0. The van der Waals surface area contributed by atoms with Gasteiger partial charge in [0.1, 0.15) is 18.6 Å². The molecule has 74 heavy (non-hydrogen) atoms. The zero-order valence-electron chi connectivity index (χ0n) is 47.5. The SMILES string of the molecule is C=CC(C)CCCCCC.CC.CC(C)CNCCN(C)C(=O)/C=C\C=O.CC1CC(=O)N(CC2CCC(C=O)CC2)C1=O.CNCCOC(C)(C)CO.CNc1ccccc1.NC(=O)C1CCC(=O)N1.O=CO. The average Bonchev–Trinajstić information content (AvgIpc) is 3.95. The van der Waals surface area contributed by atoms with Crippen LogP contribution in [-0.2, 0) is 43.1 Å². The molecule has 0 radical (unpaired) electrons. The molecule has 8 N–H and O–H groups in total. The maximum atomic E-state index is 11.8. The zero-order valence-corrected chi connectivity index (χ0v) is 47.5. The van der Waals surface area contributed by atoms with E-state index < -0.39 is 17.6 Å². The number of rotatable bonds is 23. The minimum absolute atomic E-state index is 0.0208. The molecule has 3 fully saturated rings. The summed E-state index contributed by atoms with van der Waals surface area (Å²) < 4.78 is 5.31. The number of aliphatic hydroxyl groups excluding tert-OH is 1. The highest BCUT2D eigenvalue weighted by Gasteiger charge is 2.37. The highest BCUT2D eigenvalue weighted by molar-refractivity contribution is 6.03. The lowest BCUT2D eigenvalue weighted by Gasteiger charge is -2.28. The molecule has 18 heteroatoms. The Hall–Kier alpha value is -5.30. The van der Waals surface area contributed by atoms with Crippen molar-refractivity contribution in [2.24, 2.45) is 35.3 Å². The van der Waals surface area contributed by atoms with Crippen LogP contribution in [0.1, 0.15) is 139 Å². The fourth-order valence-electron chi connectivity index (χ4n) is 6.72. The number of amides is 5. The Morgan fingerprint density at radius 1 is 0.986 bits per heavy atom. The van der Waals surface area contributed by atoms with Gasteiger partial charge in [0.05, 0.1) is 18.8 Å². The van der Waals surface area contributed by atoms with Gasteiger partial charge in [-0.05, 0) is 102 Å². The summed E-state index contributed by atoms with van der Waals surface area (Å²) in [5, 5.41) is 27.3. The van der Waals surface area contributed by atoms with Gasteiger partial charge in [0.15, 0.2) is 0 Å². The first-order valence-electron chi connectivity index (χ1n) is 26.5. The number of allylic oxidation sites excluding steroid dienone is 2. The zero-order chi connectivity index (χ0) is 57.3. The second kappa shape index (κ2) is 49.9. The number of benzene rings is 1. The van der Waals surface area contributed by atoms with Crippen molar-refractivity contribution in [3.05, 3.63) is 55.1 Å². The molecule has 4 rings (SSSR count). The van der Waals surface area contributed by atoms with Gasteiger partial charge in [-0.1, -0.05) is 98.4 Å². The van der Waals surface area contributed by atoms with Crippen molar-refractivity contribution >= 4 is 54.3 Å². The predicted molar refractivity (Wildman–Crippen MR) is 298 cm³/mol. The number of aldehydes is 2. The summed E-state index contributed by atoms with van der Waals surface area (Å²) in [6.45, 7) is 26.3. The number of hydrogen-bond donors (Lipinski definition) is 7. The standard InChI is InChI=1S/C13H19NO3.C11H20N2O2.C10H20.C7H17NO2.C7H9N.C5H8N2O2.C2H6.CH2O2/c1-9-6-12(16)14(13(9)17)7-10-2-4-11(8-15)5-3-10;1-10(2)9-12-6-7-13(3)11(15)5-4-8-14;1-4-6-7-8-9-10(3)5-2;1-7(2,6-9)10-5-4-8-3;1-8-7-5-3-2-4-6-7;6-5(9)3-1-2-4(8)7-3;1-2;2-1-3/h8-11H,2-7H2,1H3;4-5,8,10,12H,6-7,9H2,1-3H3;5,10H,2,4,6-9H2,1,3H3;8-9H,4-6H2,1-3H3;2-6,8H,1H3;3H,1-2H2,(H2,6,9)(H,7,8);1-2H3;1H,(H,2,3)/b;5-4-;;;;;;. The molecule has 0 spiro atoms. The second-order valence-electron chi connectivity index (χ2n) is 18.9. The van der Waals surface area contributed by atoms with E-state index in [1.165, 1.54) is 49.2 Å². The van der Waals surface area contributed by atoms with Crippen molar-refractivity contribution in [2.45, 2.75) is 151 Å². The molecule has 1 aromatic carbocycles. The number of primary amides is 1. The molecule has 2 saturated heterocycles. The van der Waals surface area contributed by atoms with Crippen LogP contribution < -0.4 is 27.0 Å². The number of hydrogen-bond acceptors (Lipinski definition) is 13. The number of aliphatic hydroxyl groups is 1. The third-order valence-corrected chi connectivity index (χ3v) is 11.4. The highest BCUT2D eigenvalue weighted by atomic mass is 16.5. The van der Waals surface area contributed by atoms with Gasteiger partial charge in [0.25, 0.3) is 6.47 Å². The van der Waals surface area contributed by atoms with E-state index in [2.05, 4.69) is 55.5 Å². The van der Waals surface area contributed by atoms with Gasteiger partial charge in [0.2, 0.25) is 29.5 Å². The van der Waals surface area contributed by atoms with E-state index in [1.807, 2.05) is 85.1 Å². The number of unbranched alkanes of at least 4 members (excludes halogenated alkanes) is 3. The smallest absolute Gasteiger partial charge is 0.290 e. The van der Waals surface area contributed by atoms with Crippen LogP contribution in [0.15, 0.2) is 55.1 Å². The predicted octanol–water partition coefficient (Wildman–Crippen LogP) is 6.81. The number of likely N-dealkylation sites (tertiary alicyclic amines) is 1. The van der Waals surface area contributed by atoms with Crippen LogP contribution in [0.25, 0.3) is 0 Å². The Morgan fingerprint density at radius 2 is 1.59 bits per heavy atom. The Bertz CT molecular complexity index is 1660. The fourth-order valence-corrected chi connectivity index (χ4v) is 6.72. The molecule has 5 amide bonds. The number of carbonyl (C=O) groups is 8. The van der Waals surface area contributed by atoms with Crippen LogP contribution >= 0.6 is 0 Å². The molecule has 18 nitrogen and oxygen atoms in total. The molecular weight excluding hydrogens is 947 g/mol. The molecule has 1 aliphatic carbocycles. The number of likely N-dealkylation sites (N-methyl/N-ethyl adjacent to an activating group) is 2. The summed E-state index contributed by atoms with van der Waals surface area (Å²) in [5.41, 5.74) is 5.67. The first-order chi connectivity index (χ1) is 35.2. The number of imide groups is 1. The molecule has 0 aromatic heterocycles. The molecule has 0 bridgehead atoms. The van der Waals surface area contributed by atoms with Gasteiger partial charge in [0, 0.05) is 76.7 Å². The van der Waals surface area contributed by atoms with Gasteiger partial charge in [-0.2, -0.15) is 0 Å². The van der Waals surface area contributed by atoms with E-state index >= 15 is 0 Å². The van der Waals surface area contributed by atoms with Crippen LogP contribution in [0.2, 0.25) is 0 Å². The largest absolute Gasteiger partial charge is 0.483 e. The van der Waals surface area contributed by atoms with E-state index in [-0.39, 0.29) is 48.5 Å². The molecule has 1 saturated carbocycles. The lowest BCUT2D eigenvalue weighted by atomic mass is 9.82. The van der Waals surface area contributed by atoms with Gasteiger partial charge < -0.3 is 51.6 Å².